The molecule has 154 valence electrons. The molecule has 31 heavy (non-hydrogen) atoms. The molecule has 2 aromatic carbocycles. The predicted molar refractivity (Wildman–Crippen MR) is 116 cm³/mol. The highest BCUT2D eigenvalue weighted by Gasteiger charge is 2.13. The molecule has 0 aliphatic heterocycles. The topological polar surface area (TPSA) is 89.6 Å². The van der Waals surface area contributed by atoms with Crippen molar-refractivity contribution in [1.82, 2.24) is 24.7 Å². The summed E-state index contributed by atoms with van der Waals surface area (Å²) in [5.74, 6) is 0.491. The van der Waals surface area contributed by atoms with Crippen LogP contribution < -0.4 is 5.56 Å². The third-order valence-electron chi connectivity index (χ3n) is 4.47. The van der Waals surface area contributed by atoms with E-state index >= 15 is 0 Å². The van der Waals surface area contributed by atoms with E-state index in [1.54, 1.807) is 35.0 Å². The van der Waals surface area contributed by atoms with Crippen molar-refractivity contribution in [3.63, 3.8) is 0 Å². The molecule has 0 atom stereocenters. The van der Waals surface area contributed by atoms with E-state index in [9.17, 15) is 9.18 Å². The molecule has 0 saturated carbocycles. The molecule has 10 heteroatoms. The van der Waals surface area contributed by atoms with Crippen LogP contribution in [0.1, 0.15) is 5.69 Å². The number of H-pyrrole nitrogens is 1. The van der Waals surface area contributed by atoms with Gasteiger partial charge in [-0.2, -0.15) is 5.10 Å². The predicted octanol–water partition coefficient (Wildman–Crippen LogP) is 4.85. The lowest BCUT2D eigenvalue weighted by Gasteiger charge is -2.04. The van der Waals surface area contributed by atoms with Gasteiger partial charge in [-0.05, 0) is 42.5 Å². The van der Waals surface area contributed by atoms with Gasteiger partial charge < -0.3 is 9.40 Å². The molecule has 3 aromatic heterocycles. The van der Waals surface area contributed by atoms with Gasteiger partial charge in [0.15, 0.2) is 10.8 Å². The summed E-state index contributed by atoms with van der Waals surface area (Å²) in [4.78, 5) is 24.2. The number of hydrogen-bond donors (Lipinski definition) is 1. The van der Waals surface area contributed by atoms with Crippen molar-refractivity contribution in [3.8, 4) is 17.1 Å². The standard InChI is InChI=1S/C21H13ClFN5O2S/c22-13-2-1-3-16(8-13)28-18-17(9-24-28)19(29)27-21(26-18)31-11-15-10-30-20(25-15)12-4-6-14(23)7-5-12/h1-10H,11H2,(H,26,27,29). The molecular formula is C21H13ClFN5O2S. The smallest absolute Gasteiger partial charge is 0.262 e. The molecule has 5 rings (SSSR count). The van der Waals surface area contributed by atoms with E-state index in [0.717, 1.165) is 0 Å². The first-order valence-corrected chi connectivity index (χ1v) is 10.5. The monoisotopic (exact) mass is 453 g/mol. The molecule has 0 fully saturated rings. The summed E-state index contributed by atoms with van der Waals surface area (Å²) in [6.45, 7) is 0. The number of nitrogens with one attached hydrogen (secondary N) is 1. The van der Waals surface area contributed by atoms with E-state index in [1.807, 2.05) is 6.07 Å². The minimum atomic E-state index is -0.325. The number of halogens is 2. The Labute approximate surface area is 183 Å². The fourth-order valence-electron chi connectivity index (χ4n) is 3.00. The third-order valence-corrected chi connectivity index (χ3v) is 5.61. The highest BCUT2D eigenvalue weighted by molar-refractivity contribution is 7.98. The molecule has 0 aliphatic rings. The Morgan fingerprint density at radius 2 is 2.00 bits per heavy atom. The fourth-order valence-corrected chi connectivity index (χ4v) is 3.92. The van der Waals surface area contributed by atoms with Gasteiger partial charge in [0.25, 0.3) is 5.56 Å². The van der Waals surface area contributed by atoms with Gasteiger partial charge in [0.1, 0.15) is 17.5 Å². The van der Waals surface area contributed by atoms with Gasteiger partial charge in [0.2, 0.25) is 5.89 Å². The van der Waals surface area contributed by atoms with Crippen molar-refractivity contribution >= 4 is 34.4 Å². The zero-order valence-corrected chi connectivity index (χ0v) is 17.3. The SMILES string of the molecule is O=c1[nH]c(SCc2coc(-c3ccc(F)cc3)n2)nc2c1cnn2-c1cccc(Cl)c1. The van der Waals surface area contributed by atoms with Crippen LogP contribution in [-0.4, -0.2) is 24.7 Å². The van der Waals surface area contributed by atoms with Crippen molar-refractivity contribution < 1.29 is 8.81 Å². The van der Waals surface area contributed by atoms with Crippen LogP contribution in [-0.2, 0) is 5.75 Å². The minimum Gasteiger partial charge on any atom is -0.444 e. The zero-order chi connectivity index (χ0) is 21.4. The van der Waals surface area contributed by atoms with Crippen molar-refractivity contribution in [2.45, 2.75) is 10.9 Å². The first kappa shape index (κ1) is 19.5. The van der Waals surface area contributed by atoms with Gasteiger partial charge in [0.05, 0.1) is 17.6 Å². The Morgan fingerprint density at radius 1 is 1.16 bits per heavy atom. The summed E-state index contributed by atoms with van der Waals surface area (Å²) in [6, 6.07) is 13.0. The number of aromatic amines is 1. The molecule has 0 bridgehead atoms. The van der Waals surface area contributed by atoms with Gasteiger partial charge in [-0.1, -0.05) is 29.4 Å². The van der Waals surface area contributed by atoms with E-state index < -0.39 is 0 Å². The summed E-state index contributed by atoms with van der Waals surface area (Å²) in [7, 11) is 0. The summed E-state index contributed by atoms with van der Waals surface area (Å²) in [5.41, 5.74) is 2.19. The second-order valence-electron chi connectivity index (χ2n) is 6.58. The zero-order valence-electron chi connectivity index (χ0n) is 15.8. The molecule has 0 aliphatic carbocycles. The lowest BCUT2D eigenvalue weighted by atomic mass is 10.2. The Kier molecular flexibility index (Phi) is 5.05. The molecule has 5 aromatic rings. The summed E-state index contributed by atoms with van der Waals surface area (Å²) in [6.07, 6.45) is 3.00. The van der Waals surface area contributed by atoms with Crippen LogP contribution in [0.5, 0.6) is 0 Å². The molecule has 1 N–H and O–H groups in total. The lowest BCUT2D eigenvalue weighted by Crippen LogP contribution is -2.09. The van der Waals surface area contributed by atoms with Gasteiger partial charge in [-0.3, -0.25) is 4.79 Å². The number of rotatable bonds is 5. The Hall–Kier alpha value is -3.43. The van der Waals surface area contributed by atoms with Crippen LogP contribution in [0, 0.1) is 5.82 Å². The number of aromatic nitrogens is 5. The average Bonchev–Trinajstić information content (AvgIpc) is 3.40. The number of hydrogen-bond acceptors (Lipinski definition) is 6. The molecule has 3 heterocycles. The maximum Gasteiger partial charge on any atom is 0.262 e. The normalized spacial score (nSPS) is 11.3. The van der Waals surface area contributed by atoms with Crippen LogP contribution in [0.25, 0.3) is 28.2 Å². The maximum absolute atomic E-state index is 13.1. The van der Waals surface area contributed by atoms with Crippen LogP contribution in [0.2, 0.25) is 5.02 Å². The third kappa shape index (κ3) is 3.97. The van der Waals surface area contributed by atoms with Gasteiger partial charge in [-0.15, -0.1) is 0 Å². The number of nitrogens with zero attached hydrogens (tertiary/aromatic N) is 4. The molecule has 0 amide bonds. The van der Waals surface area contributed by atoms with Gasteiger partial charge >= 0.3 is 0 Å². The van der Waals surface area contributed by atoms with E-state index in [-0.39, 0.29) is 11.4 Å². The van der Waals surface area contributed by atoms with Crippen LogP contribution in [0.3, 0.4) is 0 Å². The van der Waals surface area contributed by atoms with E-state index in [0.29, 0.717) is 49.8 Å². The quantitative estimate of drug-likeness (QED) is 0.302. The Morgan fingerprint density at radius 3 is 2.81 bits per heavy atom. The average molecular weight is 454 g/mol. The van der Waals surface area contributed by atoms with Crippen molar-refractivity contribution in [3.05, 3.63) is 87.9 Å². The largest absolute Gasteiger partial charge is 0.444 e. The van der Waals surface area contributed by atoms with Crippen molar-refractivity contribution in [2.75, 3.05) is 0 Å². The van der Waals surface area contributed by atoms with Gasteiger partial charge in [-0.25, -0.2) is 19.0 Å². The first-order valence-electron chi connectivity index (χ1n) is 9.14. The van der Waals surface area contributed by atoms with Crippen LogP contribution >= 0.6 is 23.4 Å². The van der Waals surface area contributed by atoms with Crippen molar-refractivity contribution in [2.24, 2.45) is 0 Å². The van der Waals surface area contributed by atoms with Crippen LogP contribution in [0.4, 0.5) is 4.39 Å². The molecule has 0 spiro atoms. The molecule has 0 unspecified atom stereocenters. The molecule has 0 radical (unpaired) electrons. The second-order valence-corrected chi connectivity index (χ2v) is 7.98. The second kappa shape index (κ2) is 8.01. The number of thioether (sulfide) groups is 1. The lowest BCUT2D eigenvalue weighted by molar-refractivity contribution is 0.573. The highest BCUT2D eigenvalue weighted by atomic mass is 35.5. The highest BCUT2D eigenvalue weighted by Crippen LogP contribution is 2.24. The minimum absolute atomic E-state index is 0.284. The molecule has 7 nitrogen and oxygen atoms in total. The number of oxazole rings is 1. The Balaban J connectivity index is 1.40. The molecule has 0 saturated heterocycles. The first-order chi connectivity index (χ1) is 15.1. The van der Waals surface area contributed by atoms with Gasteiger partial charge in [0, 0.05) is 16.3 Å². The summed E-state index contributed by atoms with van der Waals surface area (Å²) < 4.78 is 20.1. The maximum atomic E-state index is 13.1. The molecular weight excluding hydrogens is 441 g/mol. The van der Waals surface area contributed by atoms with Crippen LogP contribution in [0.15, 0.2) is 75.4 Å². The van der Waals surface area contributed by atoms with E-state index in [2.05, 4.69) is 20.1 Å². The number of benzene rings is 2. The van der Waals surface area contributed by atoms with E-state index in [4.69, 9.17) is 16.0 Å². The van der Waals surface area contributed by atoms with Crippen molar-refractivity contribution in [1.29, 1.82) is 0 Å². The Bertz CT molecular complexity index is 1440. The number of fused-ring (bicyclic) bond motifs is 1. The summed E-state index contributed by atoms with van der Waals surface area (Å²) in [5, 5.41) is 5.64. The summed E-state index contributed by atoms with van der Waals surface area (Å²) >= 11 is 7.39. The van der Waals surface area contributed by atoms with E-state index in [1.165, 1.54) is 36.4 Å². The fraction of sp³-hybridized carbons (Fsp3) is 0.0476.